The van der Waals surface area contributed by atoms with E-state index in [1.54, 1.807) is 6.26 Å². The van der Waals surface area contributed by atoms with Crippen LogP contribution in [0.1, 0.15) is 26.0 Å². The van der Waals surface area contributed by atoms with E-state index in [-0.39, 0.29) is 0 Å². The Kier molecular flexibility index (Phi) is 3.14. The first-order valence-electron chi connectivity index (χ1n) is 4.38. The number of hydrogen-bond donors (Lipinski definition) is 1. The topological polar surface area (TPSA) is 38.1 Å². The number of hydrogen-bond acceptors (Lipinski definition) is 3. The molecule has 1 aromatic heterocycles. The van der Waals surface area contributed by atoms with Gasteiger partial charge in [-0.25, -0.2) is 0 Å². The van der Waals surface area contributed by atoms with Crippen LogP contribution in [0, 0.1) is 12.8 Å². The zero-order valence-electron chi connectivity index (χ0n) is 7.92. The maximum Gasteiger partial charge on any atom is 0.294 e. The minimum atomic E-state index is 0.632. The quantitative estimate of drug-likeness (QED) is 0.750. The molecule has 0 radical (unpaired) electrons. The highest BCUT2D eigenvalue weighted by Crippen LogP contribution is 2.07. The molecule has 12 heavy (non-hydrogen) atoms. The van der Waals surface area contributed by atoms with E-state index in [0.717, 1.165) is 12.2 Å². The van der Waals surface area contributed by atoms with Crippen molar-refractivity contribution < 1.29 is 4.42 Å². The molecule has 1 N–H and O–H groups in total. The molecule has 0 saturated heterocycles. The molecule has 1 unspecified atom stereocenters. The number of nitrogens with one attached hydrogen (secondary N) is 1. The molecular formula is C9H16N2O. The van der Waals surface area contributed by atoms with Gasteiger partial charge in [-0.15, -0.1) is 0 Å². The molecule has 1 aromatic rings. The number of anilines is 1. The molecule has 1 rings (SSSR count). The molecule has 1 heterocycles. The number of aromatic nitrogens is 1. The second kappa shape index (κ2) is 4.14. The SMILES string of the molecule is CCC(C)CNc1nc(C)co1. The van der Waals surface area contributed by atoms with Gasteiger partial charge in [0.05, 0.1) is 5.69 Å². The molecule has 68 valence electrons. The van der Waals surface area contributed by atoms with E-state index in [2.05, 4.69) is 24.1 Å². The summed E-state index contributed by atoms with van der Waals surface area (Å²) in [5, 5.41) is 3.14. The number of aryl methyl sites for hydroxylation is 1. The van der Waals surface area contributed by atoms with E-state index in [0.29, 0.717) is 11.9 Å². The molecule has 3 heteroatoms. The average Bonchev–Trinajstić information content (AvgIpc) is 2.47. The predicted octanol–water partition coefficient (Wildman–Crippen LogP) is 2.44. The fourth-order valence-electron chi connectivity index (χ4n) is 0.841. The lowest BCUT2D eigenvalue weighted by Crippen LogP contribution is -2.10. The molecule has 0 aliphatic carbocycles. The second-order valence-electron chi connectivity index (χ2n) is 3.19. The first kappa shape index (κ1) is 9.10. The molecule has 0 spiro atoms. The molecule has 3 nitrogen and oxygen atoms in total. The predicted molar refractivity (Wildman–Crippen MR) is 49.2 cm³/mol. The van der Waals surface area contributed by atoms with Crippen LogP contribution in [0.25, 0.3) is 0 Å². The minimum absolute atomic E-state index is 0.632. The third kappa shape index (κ3) is 2.57. The summed E-state index contributed by atoms with van der Waals surface area (Å²) in [5.41, 5.74) is 0.918. The molecule has 0 bridgehead atoms. The Morgan fingerprint density at radius 2 is 2.42 bits per heavy atom. The molecule has 0 aliphatic heterocycles. The van der Waals surface area contributed by atoms with E-state index in [4.69, 9.17) is 4.42 Å². The van der Waals surface area contributed by atoms with Crippen molar-refractivity contribution >= 4 is 6.01 Å². The summed E-state index contributed by atoms with van der Waals surface area (Å²) >= 11 is 0. The highest BCUT2D eigenvalue weighted by molar-refractivity contribution is 5.20. The van der Waals surface area contributed by atoms with E-state index in [1.165, 1.54) is 6.42 Å². The summed E-state index contributed by atoms with van der Waals surface area (Å²) in [6.45, 7) is 7.21. The van der Waals surface area contributed by atoms with E-state index in [9.17, 15) is 0 Å². The number of nitrogens with zero attached hydrogens (tertiary/aromatic N) is 1. The van der Waals surface area contributed by atoms with Gasteiger partial charge in [0, 0.05) is 6.54 Å². The highest BCUT2D eigenvalue weighted by Gasteiger charge is 2.01. The van der Waals surface area contributed by atoms with Gasteiger partial charge in [0.25, 0.3) is 6.01 Å². The van der Waals surface area contributed by atoms with Crippen molar-refractivity contribution in [3.8, 4) is 0 Å². The van der Waals surface area contributed by atoms with Gasteiger partial charge >= 0.3 is 0 Å². The lowest BCUT2D eigenvalue weighted by atomic mass is 10.1. The van der Waals surface area contributed by atoms with Gasteiger partial charge < -0.3 is 9.73 Å². The van der Waals surface area contributed by atoms with Gasteiger partial charge in [-0.05, 0) is 12.8 Å². The zero-order chi connectivity index (χ0) is 8.97. The smallest absolute Gasteiger partial charge is 0.294 e. The fraction of sp³-hybridized carbons (Fsp3) is 0.667. The second-order valence-corrected chi connectivity index (χ2v) is 3.19. The normalized spacial score (nSPS) is 12.9. The Bertz CT molecular complexity index is 232. The van der Waals surface area contributed by atoms with Crippen LogP contribution >= 0.6 is 0 Å². The van der Waals surface area contributed by atoms with Crippen molar-refractivity contribution in [2.45, 2.75) is 27.2 Å². The van der Waals surface area contributed by atoms with Crippen molar-refractivity contribution in [1.29, 1.82) is 0 Å². The monoisotopic (exact) mass is 168 g/mol. The van der Waals surface area contributed by atoms with Gasteiger partial charge in [-0.2, -0.15) is 4.98 Å². The Labute approximate surface area is 73.2 Å². The Morgan fingerprint density at radius 3 is 2.92 bits per heavy atom. The lowest BCUT2D eigenvalue weighted by Gasteiger charge is -2.07. The van der Waals surface area contributed by atoms with E-state index < -0.39 is 0 Å². The van der Waals surface area contributed by atoms with Crippen LogP contribution in [0.2, 0.25) is 0 Å². The minimum Gasteiger partial charge on any atom is -0.432 e. The van der Waals surface area contributed by atoms with Crippen LogP contribution in [-0.2, 0) is 0 Å². The van der Waals surface area contributed by atoms with Gasteiger partial charge in [-0.1, -0.05) is 20.3 Å². The molecular weight excluding hydrogens is 152 g/mol. The summed E-state index contributed by atoms with van der Waals surface area (Å²) in [7, 11) is 0. The van der Waals surface area contributed by atoms with Gasteiger partial charge in [0.2, 0.25) is 0 Å². The van der Waals surface area contributed by atoms with Crippen LogP contribution < -0.4 is 5.32 Å². The molecule has 0 aliphatic rings. The van der Waals surface area contributed by atoms with Crippen molar-refractivity contribution in [3.63, 3.8) is 0 Å². The zero-order valence-corrected chi connectivity index (χ0v) is 7.92. The summed E-state index contributed by atoms with van der Waals surface area (Å²) < 4.78 is 5.14. The number of oxazole rings is 1. The lowest BCUT2D eigenvalue weighted by molar-refractivity contribution is 0.543. The third-order valence-electron chi connectivity index (χ3n) is 1.92. The van der Waals surface area contributed by atoms with Gasteiger partial charge in [-0.3, -0.25) is 0 Å². The van der Waals surface area contributed by atoms with Gasteiger partial charge in [0.15, 0.2) is 0 Å². The summed E-state index contributed by atoms with van der Waals surface area (Å²) in [6, 6.07) is 0.632. The Balaban J connectivity index is 2.33. The van der Waals surface area contributed by atoms with Crippen LogP contribution in [0.15, 0.2) is 10.7 Å². The van der Waals surface area contributed by atoms with Crippen molar-refractivity contribution in [1.82, 2.24) is 4.98 Å². The van der Waals surface area contributed by atoms with Crippen LogP contribution in [-0.4, -0.2) is 11.5 Å². The third-order valence-corrected chi connectivity index (χ3v) is 1.92. The van der Waals surface area contributed by atoms with E-state index in [1.807, 2.05) is 6.92 Å². The standard InChI is InChI=1S/C9H16N2O/c1-4-7(2)5-10-9-11-8(3)6-12-9/h6-7H,4-5H2,1-3H3,(H,10,11). The first-order valence-corrected chi connectivity index (χ1v) is 4.38. The average molecular weight is 168 g/mol. The molecule has 0 saturated carbocycles. The van der Waals surface area contributed by atoms with Crippen LogP contribution in [0.4, 0.5) is 6.01 Å². The maximum absolute atomic E-state index is 5.14. The number of rotatable bonds is 4. The van der Waals surface area contributed by atoms with Crippen molar-refractivity contribution in [2.75, 3.05) is 11.9 Å². The van der Waals surface area contributed by atoms with Gasteiger partial charge in [0.1, 0.15) is 6.26 Å². The summed E-state index contributed by atoms with van der Waals surface area (Å²) in [5.74, 6) is 0.664. The van der Waals surface area contributed by atoms with Crippen LogP contribution in [0.3, 0.4) is 0 Å². The van der Waals surface area contributed by atoms with E-state index >= 15 is 0 Å². The first-order chi connectivity index (χ1) is 5.72. The van der Waals surface area contributed by atoms with Crippen LogP contribution in [0.5, 0.6) is 0 Å². The van der Waals surface area contributed by atoms with Crippen molar-refractivity contribution in [3.05, 3.63) is 12.0 Å². The molecule has 0 aromatic carbocycles. The fourth-order valence-corrected chi connectivity index (χ4v) is 0.841. The Morgan fingerprint density at radius 1 is 1.67 bits per heavy atom. The highest BCUT2D eigenvalue weighted by atomic mass is 16.4. The Hall–Kier alpha value is -0.990. The summed E-state index contributed by atoms with van der Waals surface area (Å²) in [6.07, 6.45) is 2.83. The molecule has 0 fully saturated rings. The summed E-state index contributed by atoms with van der Waals surface area (Å²) in [4.78, 5) is 4.14. The molecule has 1 atom stereocenters. The van der Waals surface area contributed by atoms with Crippen molar-refractivity contribution in [2.24, 2.45) is 5.92 Å². The largest absolute Gasteiger partial charge is 0.432 e. The maximum atomic E-state index is 5.14. The molecule has 0 amide bonds.